The summed E-state index contributed by atoms with van der Waals surface area (Å²) in [7, 11) is 0. The Morgan fingerprint density at radius 3 is 2.65 bits per heavy atom. The van der Waals surface area contributed by atoms with Gasteiger partial charge in [-0.15, -0.1) is 23.1 Å². The molecule has 0 spiro atoms. The van der Waals surface area contributed by atoms with Gasteiger partial charge in [0.25, 0.3) is 5.91 Å². The highest BCUT2D eigenvalue weighted by Crippen LogP contribution is 2.34. The number of benzene rings is 1. The third-order valence-electron chi connectivity index (χ3n) is 3.76. The van der Waals surface area contributed by atoms with Gasteiger partial charge in [0, 0.05) is 9.77 Å². The lowest BCUT2D eigenvalue weighted by atomic mass is 10.2. The van der Waals surface area contributed by atoms with Crippen molar-refractivity contribution in [3.05, 3.63) is 39.6 Å². The molecule has 0 saturated carbocycles. The van der Waals surface area contributed by atoms with Crippen LogP contribution in [0.4, 0.5) is 0 Å². The maximum Gasteiger partial charge on any atom is 0.279 e. The molecule has 0 atom stereocenters. The zero-order valence-electron chi connectivity index (χ0n) is 14.6. The summed E-state index contributed by atoms with van der Waals surface area (Å²) in [5, 5.41) is 0. The van der Waals surface area contributed by atoms with Gasteiger partial charge in [-0.2, -0.15) is 0 Å². The topological polar surface area (TPSA) is 76.7 Å². The average Bonchev–Trinajstić information content (AvgIpc) is 3.05. The molecule has 0 radical (unpaired) electrons. The van der Waals surface area contributed by atoms with Gasteiger partial charge in [-0.25, -0.2) is 0 Å². The summed E-state index contributed by atoms with van der Waals surface area (Å²) < 4.78 is 11.0. The van der Waals surface area contributed by atoms with Crippen molar-refractivity contribution < 1.29 is 19.1 Å². The maximum absolute atomic E-state index is 12.1. The standard InChI is InChI=1S/C18H20N2O4S2/c1-3-15-11(2)8-16(26-15)18(22)20-19-17(21)10-25-12-4-5-13-14(9-12)24-7-6-23-13/h4-5,8-9H,3,6-7,10H2,1-2H3,(H,19,21)(H,20,22). The van der Waals surface area contributed by atoms with Crippen LogP contribution in [0.2, 0.25) is 0 Å². The van der Waals surface area contributed by atoms with Crippen molar-refractivity contribution >= 4 is 34.9 Å². The third kappa shape index (κ3) is 4.50. The summed E-state index contributed by atoms with van der Waals surface area (Å²) in [6.07, 6.45) is 0.891. The van der Waals surface area contributed by atoms with E-state index in [2.05, 4.69) is 17.8 Å². The van der Waals surface area contributed by atoms with Crippen molar-refractivity contribution in [3.63, 3.8) is 0 Å². The van der Waals surface area contributed by atoms with Crippen LogP contribution in [0.25, 0.3) is 0 Å². The van der Waals surface area contributed by atoms with Crippen LogP contribution in [0.15, 0.2) is 29.2 Å². The Hall–Kier alpha value is -2.19. The Labute approximate surface area is 160 Å². The van der Waals surface area contributed by atoms with Crippen molar-refractivity contribution in [2.75, 3.05) is 19.0 Å². The normalized spacial score (nSPS) is 12.5. The molecule has 0 bridgehead atoms. The lowest BCUT2D eigenvalue weighted by molar-refractivity contribution is -0.119. The van der Waals surface area contributed by atoms with E-state index < -0.39 is 0 Å². The molecule has 3 rings (SSSR count). The van der Waals surface area contributed by atoms with E-state index in [-0.39, 0.29) is 17.6 Å². The Bertz CT molecular complexity index is 820. The highest BCUT2D eigenvalue weighted by atomic mass is 32.2. The van der Waals surface area contributed by atoms with Crippen molar-refractivity contribution in [2.24, 2.45) is 0 Å². The molecule has 8 heteroatoms. The second-order valence-electron chi connectivity index (χ2n) is 5.67. The number of ether oxygens (including phenoxy) is 2. The number of thioether (sulfide) groups is 1. The molecule has 1 aliphatic heterocycles. The first-order chi connectivity index (χ1) is 12.6. The molecule has 26 heavy (non-hydrogen) atoms. The highest BCUT2D eigenvalue weighted by molar-refractivity contribution is 8.00. The molecule has 0 aliphatic carbocycles. The minimum Gasteiger partial charge on any atom is -0.486 e. The first-order valence-electron chi connectivity index (χ1n) is 8.27. The van der Waals surface area contributed by atoms with Crippen LogP contribution in [0, 0.1) is 6.92 Å². The van der Waals surface area contributed by atoms with Crippen LogP contribution in [0.5, 0.6) is 11.5 Å². The molecule has 2 amide bonds. The van der Waals surface area contributed by atoms with E-state index in [1.165, 1.54) is 28.0 Å². The van der Waals surface area contributed by atoms with Gasteiger partial charge >= 0.3 is 0 Å². The van der Waals surface area contributed by atoms with Crippen molar-refractivity contribution in [1.29, 1.82) is 0 Å². The summed E-state index contributed by atoms with van der Waals surface area (Å²) in [4.78, 5) is 26.8. The fourth-order valence-corrected chi connectivity index (χ4v) is 4.20. The Morgan fingerprint density at radius 1 is 1.15 bits per heavy atom. The smallest absolute Gasteiger partial charge is 0.279 e. The number of carbonyl (C=O) groups excluding carboxylic acids is 2. The molecule has 0 fully saturated rings. The molecular formula is C18H20N2O4S2. The molecule has 1 aliphatic rings. The SMILES string of the molecule is CCc1sc(C(=O)NNC(=O)CSc2ccc3c(c2)OCCO3)cc1C. The van der Waals surface area contributed by atoms with Gasteiger partial charge in [-0.1, -0.05) is 6.92 Å². The summed E-state index contributed by atoms with van der Waals surface area (Å²) in [5.41, 5.74) is 6.02. The van der Waals surface area contributed by atoms with Gasteiger partial charge in [0.05, 0.1) is 10.6 Å². The number of thiophene rings is 1. The number of fused-ring (bicyclic) bond motifs is 1. The predicted octanol–water partition coefficient (Wildman–Crippen LogP) is 2.94. The predicted molar refractivity (Wildman–Crippen MR) is 102 cm³/mol. The van der Waals surface area contributed by atoms with E-state index in [4.69, 9.17) is 9.47 Å². The van der Waals surface area contributed by atoms with Crippen molar-refractivity contribution in [3.8, 4) is 11.5 Å². The largest absolute Gasteiger partial charge is 0.486 e. The van der Waals surface area contributed by atoms with Gasteiger partial charge in [0.1, 0.15) is 13.2 Å². The molecule has 138 valence electrons. The van der Waals surface area contributed by atoms with E-state index in [0.717, 1.165) is 22.6 Å². The average molecular weight is 393 g/mol. The number of nitrogens with one attached hydrogen (secondary N) is 2. The number of amides is 2. The van der Waals surface area contributed by atoms with Gasteiger partial charge in [0.2, 0.25) is 5.91 Å². The van der Waals surface area contributed by atoms with Crippen LogP contribution < -0.4 is 20.3 Å². The number of rotatable bonds is 5. The number of hydrazine groups is 1. The molecule has 6 nitrogen and oxygen atoms in total. The molecule has 2 heterocycles. The molecule has 1 aromatic heterocycles. The highest BCUT2D eigenvalue weighted by Gasteiger charge is 2.14. The number of hydrogen-bond acceptors (Lipinski definition) is 6. The minimum absolute atomic E-state index is 0.184. The van der Waals surface area contributed by atoms with Gasteiger partial charge in [-0.3, -0.25) is 20.4 Å². The number of hydrogen-bond donors (Lipinski definition) is 2. The Morgan fingerprint density at radius 2 is 1.92 bits per heavy atom. The minimum atomic E-state index is -0.296. The summed E-state index contributed by atoms with van der Waals surface area (Å²) in [6.45, 7) is 5.10. The maximum atomic E-state index is 12.1. The van der Waals surface area contributed by atoms with Crippen LogP contribution in [-0.2, 0) is 11.2 Å². The van der Waals surface area contributed by atoms with E-state index in [1.54, 1.807) is 0 Å². The summed E-state index contributed by atoms with van der Waals surface area (Å²) >= 11 is 2.81. The zero-order chi connectivity index (χ0) is 18.5. The van der Waals surface area contributed by atoms with E-state index in [1.807, 2.05) is 31.2 Å². The van der Waals surface area contributed by atoms with E-state index >= 15 is 0 Å². The monoisotopic (exact) mass is 392 g/mol. The van der Waals surface area contributed by atoms with Crippen LogP contribution in [0.1, 0.15) is 27.0 Å². The molecule has 0 saturated heterocycles. The molecule has 2 N–H and O–H groups in total. The van der Waals surface area contributed by atoms with Crippen molar-refractivity contribution in [1.82, 2.24) is 10.9 Å². The summed E-state index contributed by atoms with van der Waals surface area (Å²) in [6, 6.07) is 7.41. The first-order valence-corrected chi connectivity index (χ1v) is 10.1. The van der Waals surface area contributed by atoms with E-state index in [9.17, 15) is 9.59 Å². The third-order valence-corrected chi connectivity index (χ3v) is 6.14. The number of carbonyl (C=O) groups is 2. The Kier molecular flexibility index (Phi) is 6.05. The van der Waals surface area contributed by atoms with Gasteiger partial charge in [-0.05, 0) is 43.2 Å². The zero-order valence-corrected chi connectivity index (χ0v) is 16.2. The van der Waals surface area contributed by atoms with Gasteiger partial charge in [0.15, 0.2) is 11.5 Å². The lowest BCUT2D eigenvalue weighted by Crippen LogP contribution is -2.42. The summed E-state index contributed by atoms with van der Waals surface area (Å²) in [5.74, 6) is 1.02. The molecule has 0 unspecified atom stereocenters. The number of aryl methyl sites for hydroxylation is 2. The second kappa shape index (κ2) is 8.46. The fourth-order valence-electron chi connectivity index (χ4n) is 2.47. The van der Waals surface area contributed by atoms with Crippen molar-refractivity contribution in [2.45, 2.75) is 25.2 Å². The van der Waals surface area contributed by atoms with E-state index in [0.29, 0.717) is 23.8 Å². The quantitative estimate of drug-likeness (QED) is 0.604. The first kappa shape index (κ1) is 18.6. The molecule has 1 aromatic carbocycles. The molecular weight excluding hydrogens is 372 g/mol. The van der Waals surface area contributed by atoms with Crippen LogP contribution in [0.3, 0.4) is 0 Å². The van der Waals surface area contributed by atoms with Gasteiger partial charge < -0.3 is 9.47 Å². The second-order valence-corrected chi connectivity index (χ2v) is 7.85. The lowest BCUT2D eigenvalue weighted by Gasteiger charge is -2.18. The Balaban J connectivity index is 1.47. The molecule has 2 aromatic rings. The fraction of sp³-hybridized carbons (Fsp3) is 0.333. The van der Waals surface area contributed by atoms with Crippen LogP contribution >= 0.6 is 23.1 Å². The van der Waals surface area contributed by atoms with Crippen LogP contribution in [-0.4, -0.2) is 30.8 Å².